The number of ether oxygens (including phenoxy) is 2. The van der Waals surface area contributed by atoms with Gasteiger partial charge in [0.05, 0.1) is 13.5 Å². The number of hydrogen-bond donors (Lipinski definition) is 2. The molecule has 148 valence electrons. The quantitative estimate of drug-likeness (QED) is 0.521. The molecule has 0 aromatic heterocycles. The number of benzene rings is 2. The van der Waals surface area contributed by atoms with E-state index in [9.17, 15) is 9.59 Å². The highest BCUT2D eigenvalue weighted by Gasteiger charge is 2.09. The summed E-state index contributed by atoms with van der Waals surface area (Å²) in [5.41, 5.74) is 4.24. The van der Waals surface area contributed by atoms with Gasteiger partial charge in [0.1, 0.15) is 11.5 Å². The zero-order valence-corrected chi connectivity index (χ0v) is 16.7. The Morgan fingerprint density at radius 1 is 1.11 bits per heavy atom. The molecule has 0 saturated heterocycles. The molecule has 2 rings (SSSR count). The molecule has 0 bridgehead atoms. The van der Waals surface area contributed by atoms with Crippen molar-refractivity contribution in [2.75, 3.05) is 19.0 Å². The Bertz CT molecular complexity index is 884. The van der Waals surface area contributed by atoms with E-state index in [4.69, 9.17) is 21.1 Å². The first kappa shape index (κ1) is 21.2. The molecule has 0 aliphatic heterocycles. The van der Waals surface area contributed by atoms with Crippen LogP contribution in [-0.4, -0.2) is 31.2 Å². The van der Waals surface area contributed by atoms with Gasteiger partial charge in [-0.2, -0.15) is 5.10 Å². The fourth-order valence-electron chi connectivity index (χ4n) is 2.24. The molecule has 2 amide bonds. The summed E-state index contributed by atoms with van der Waals surface area (Å²) in [6, 6.07) is 12.2. The predicted molar refractivity (Wildman–Crippen MR) is 109 cm³/mol. The Kier molecular flexibility index (Phi) is 7.83. The summed E-state index contributed by atoms with van der Waals surface area (Å²) >= 11 is 6.04. The van der Waals surface area contributed by atoms with Crippen LogP contribution in [0.1, 0.15) is 18.9 Å². The summed E-state index contributed by atoms with van der Waals surface area (Å²) in [7, 11) is 1.55. The van der Waals surface area contributed by atoms with Crippen molar-refractivity contribution in [1.82, 2.24) is 5.43 Å². The lowest BCUT2D eigenvalue weighted by Crippen LogP contribution is -2.26. The van der Waals surface area contributed by atoms with Crippen molar-refractivity contribution in [3.63, 3.8) is 0 Å². The van der Waals surface area contributed by atoms with E-state index in [1.54, 1.807) is 56.5 Å². The van der Waals surface area contributed by atoms with Crippen molar-refractivity contribution in [3.05, 3.63) is 53.1 Å². The molecule has 0 aliphatic rings. The van der Waals surface area contributed by atoms with Gasteiger partial charge in [-0.1, -0.05) is 23.7 Å². The molecule has 0 fully saturated rings. The number of methoxy groups -OCH3 is 1. The van der Waals surface area contributed by atoms with Crippen molar-refractivity contribution < 1.29 is 19.1 Å². The first-order valence-electron chi connectivity index (χ1n) is 8.53. The highest BCUT2D eigenvalue weighted by molar-refractivity contribution is 6.31. The number of anilines is 1. The molecule has 7 nitrogen and oxygen atoms in total. The van der Waals surface area contributed by atoms with Crippen LogP contribution in [0.5, 0.6) is 11.5 Å². The number of carbonyl (C=O) groups excluding carboxylic acids is 2. The van der Waals surface area contributed by atoms with Gasteiger partial charge in [0.25, 0.3) is 5.91 Å². The zero-order chi connectivity index (χ0) is 20.5. The van der Waals surface area contributed by atoms with E-state index in [0.29, 0.717) is 27.9 Å². The molecule has 2 N–H and O–H groups in total. The van der Waals surface area contributed by atoms with Crippen molar-refractivity contribution in [2.45, 2.75) is 20.3 Å². The maximum atomic E-state index is 12.1. The first-order chi connectivity index (χ1) is 13.4. The highest BCUT2D eigenvalue weighted by Crippen LogP contribution is 2.23. The molecule has 0 spiro atoms. The Balaban J connectivity index is 1.80. The second-order valence-corrected chi connectivity index (χ2v) is 6.39. The molecule has 2 aromatic rings. The summed E-state index contributed by atoms with van der Waals surface area (Å²) < 4.78 is 10.5. The number of hydrazone groups is 1. The number of nitrogens with one attached hydrogen (secondary N) is 2. The molecule has 0 heterocycles. The van der Waals surface area contributed by atoms with E-state index in [-0.39, 0.29) is 18.9 Å². The van der Waals surface area contributed by atoms with Gasteiger partial charge in [0, 0.05) is 22.5 Å². The van der Waals surface area contributed by atoms with Gasteiger partial charge < -0.3 is 14.8 Å². The zero-order valence-electron chi connectivity index (χ0n) is 15.9. The molecular weight excluding hydrogens is 382 g/mol. The summed E-state index contributed by atoms with van der Waals surface area (Å²) in [6.07, 6.45) is 0.0307. The van der Waals surface area contributed by atoms with Crippen molar-refractivity contribution in [3.8, 4) is 11.5 Å². The van der Waals surface area contributed by atoms with Gasteiger partial charge in [-0.25, -0.2) is 5.43 Å². The Morgan fingerprint density at radius 2 is 1.82 bits per heavy atom. The second-order valence-electron chi connectivity index (χ2n) is 5.99. The average Bonchev–Trinajstić information content (AvgIpc) is 2.68. The van der Waals surface area contributed by atoms with Gasteiger partial charge in [0.15, 0.2) is 6.61 Å². The third kappa shape index (κ3) is 6.59. The molecule has 0 atom stereocenters. The minimum absolute atomic E-state index is 0.0307. The minimum atomic E-state index is -0.437. The van der Waals surface area contributed by atoms with Crippen LogP contribution in [0.2, 0.25) is 5.02 Å². The number of amides is 2. The lowest BCUT2D eigenvalue weighted by molar-refractivity contribution is -0.123. The summed E-state index contributed by atoms with van der Waals surface area (Å²) in [5.74, 6) is 0.445. The number of nitrogens with zero attached hydrogens (tertiary/aromatic N) is 1. The normalized spacial score (nSPS) is 10.9. The van der Waals surface area contributed by atoms with Gasteiger partial charge >= 0.3 is 0 Å². The highest BCUT2D eigenvalue weighted by atomic mass is 35.5. The number of rotatable bonds is 8. The minimum Gasteiger partial charge on any atom is -0.497 e. The first-order valence-corrected chi connectivity index (χ1v) is 8.90. The van der Waals surface area contributed by atoms with Crippen LogP contribution in [0.4, 0.5) is 5.69 Å². The lowest BCUT2D eigenvalue weighted by Gasteiger charge is -2.09. The molecule has 0 saturated carbocycles. The molecule has 28 heavy (non-hydrogen) atoms. The maximum absolute atomic E-state index is 12.1. The van der Waals surface area contributed by atoms with Crippen LogP contribution in [0, 0.1) is 6.92 Å². The second kappa shape index (κ2) is 10.3. The van der Waals surface area contributed by atoms with Crippen LogP contribution < -0.4 is 20.2 Å². The predicted octanol–water partition coefficient (Wildman–Crippen LogP) is 3.56. The van der Waals surface area contributed by atoms with Gasteiger partial charge in [0.2, 0.25) is 5.91 Å². The number of halogens is 1. The summed E-state index contributed by atoms with van der Waals surface area (Å²) in [4.78, 5) is 24.0. The van der Waals surface area contributed by atoms with Gasteiger partial charge in [-0.05, 0) is 43.7 Å². The molecule has 0 aliphatic carbocycles. The van der Waals surface area contributed by atoms with Crippen LogP contribution in [0.3, 0.4) is 0 Å². The summed E-state index contributed by atoms with van der Waals surface area (Å²) in [5, 5.41) is 7.27. The Labute approximate surface area is 168 Å². The molecule has 8 heteroatoms. The van der Waals surface area contributed by atoms with E-state index >= 15 is 0 Å². The smallest absolute Gasteiger partial charge is 0.277 e. The van der Waals surface area contributed by atoms with E-state index < -0.39 is 5.91 Å². The third-order valence-corrected chi connectivity index (χ3v) is 4.15. The van der Waals surface area contributed by atoms with Gasteiger partial charge in [-0.3, -0.25) is 9.59 Å². The van der Waals surface area contributed by atoms with Crippen molar-refractivity contribution in [1.29, 1.82) is 0 Å². The maximum Gasteiger partial charge on any atom is 0.277 e. The third-order valence-electron chi connectivity index (χ3n) is 3.74. The summed E-state index contributed by atoms with van der Waals surface area (Å²) in [6.45, 7) is 3.26. The fraction of sp³-hybridized carbons (Fsp3) is 0.250. The Hall–Kier alpha value is -3.06. The van der Waals surface area contributed by atoms with E-state index in [2.05, 4.69) is 15.8 Å². The monoisotopic (exact) mass is 403 g/mol. The molecule has 0 unspecified atom stereocenters. The van der Waals surface area contributed by atoms with Crippen molar-refractivity contribution in [2.24, 2.45) is 5.10 Å². The number of hydrogen-bond acceptors (Lipinski definition) is 5. The molecule has 2 aromatic carbocycles. The Morgan fingerprint density at radius 3 is 2.57 bits per heavy atom. The average molecular weight is 404 g/mol. The van der Waals surface area contributed by atoms with Crippen LogP contribution in [-0.2, 0) is 9.59 Å². The van der Waals surface area contributed by atoms with E-state index in [1.807, 2.05) is 6.92 Å². The number of carbonyl (C=O) groups is 2. The van der Waals surface area contributed by atoms with Crippen molar-refractivity contribution >= 4 is 34.8 Å². The molecule has 0 radical (unpaired) electrons. The van der Waals surface area contributed by atoms with E-state index in [0.717, 1.165) is 5.56 Å². The SMILES string of the molecule is COc1cccc(OCC(=O)NN=C(C)CC(=O)Nc2cccc(Cl)c2C)c1. The van der Waals surface area contributed by atoms with Crippen LogP contribution >= 0.6 is 11.6 Å². The largest absolute Gasteiger partial charge is 0.497 e. The lowest BCUT2D eigenvalue weighted by atomic mass is 10.2. The van der Waals surface area contributed by atoms with Crippen LogP contribution in [0.15, 0.2) is 47.6 Å². The topological polar surface area (TPSA) is 89.0 Å². The van der Waals surface area contributed by atoms with Crippen LogP contribution in [0.25, 0.3) is 0 Å². The van der Waals surface area contributed by atoms with Gasteiger partial charge in [-0.15, -0.1) is 0 Å². The van der Waals surface area contributed by atoms with E-state index in [1.165, 1.54) is 0 Å². The molecular formula is C20H22ClN3O4. The standard InChI is InChI=1S/C20H22ClN3O4/c1-13(10-19(25)22-18-9-5-8-17(21)14(18)2)23-24-20(26)12-28-16-7-4-6-15(11-16)27-3/h4-9,11H,10,12H2,1-3H3,(H,22,25)(H,24,26). The fourth-order valence-corrected chi connectivity index (χ4v) is 2.41.